The Labute approximate surface area is 363 Å². The van der Waals surface area contributed by atoms with E-state index < -0.39 is 37.3 Å². The fraction of sp³-hybridized carbons (Fsp3) is 0.429. The van der Waals surface area contributed by atoms with Gasteiger partial charge < -0.3 is 10.0 Å². The maximum Gasteiger partial charge on any atom is 0.303 e. The molecule has 0 spiro atoms. The molecule has 2 aliphatic heterocycles. The summed E-state index contributed by atoms with van der Waals surface area (Å²) in [6.07, 6.45) is 15.2. The van der Waals surface area contributed by atoms with Crippen LogP contribution in [0.25, 0.3) is 0 Å². The molecule has 6 rings (SSSR count). The van der Waals surface area contributed by atoms with E-state index in [0.29, 0.717) is 0 Å². The van der Waals surface area contributed by atoms with E-state index in [4.69, 9.17) is 5.11 Å². The van der Waals surface area contributed by atoms with Gasteiger partial charge in [-0.05, 0) is 86.1 Å². The van der Waals surface area contributed by atoms with Crippen molar-refractivity contribution >= 4 is 43.2 Å². The fourth-order valence-corrected chi connectivity index (χ4v) is 11.1. The number of rotatable bonds is 17. The SMILES string of the molecule is CCCC[N+]1=C(/C=C/C2=CC(=C/C=C3/N(CCCS(=O)(=O)O)c4ccc(S(=O)(=O)N(C)CCCC(=O)O)cc4C3(C)C)/CC(C)(c3ccccc3)C2)C(C)(C)c2ccccc21. The largest absolute Gasteiger partial charge is 0.481 e. The second-order valence-corrected chi connectivity index (χ2v) is 21.7. The second kappa shape index (κ2) is 18.0. The normalized spacial score (nSPS) is 21.1. The van der Waals surface area contributed by atoms with Crippen LogP contribution >= 0.6 is 0 Å². The van der Waals surface area contributed by atoms with Gasteiger partial charge in [0.05, 0.1) is 16.1 Å². The van der Waals surface area contributed by atoms with Gasteiger partial charge in [-0.15, -0.1) is 0 Å². The van der Waals surface area contributed by atoms with Crippen LogP contribution in [0, 0.1) is 0 Å². The van der Waals surface area contributed by atoms with Crippen LogP contribution < -0.4 is 4.90 Å². The first-order valence-electron chi connectivity index (χ1n) is 21.3. The number of carbonyl (C=O) groups is 1. The summed E-state index contributed by atoms with van der Waals surface area (Å²) in [6, 6.07) is 24.3. The van der Waals surface area contributed by atoms with Gasteiger partial charge in [-0.3, -0.25) is 9.35 Å². The standard InChI is InChI=1S/C49H61N3O7S2/c1-8-9-29-51-42-20-14-13-19-40(42)47(2,3)44(51)26-22-36-32-37(35-49(6,34-36)38-17-11-10-12-18-38)23-27-45-48(4,5)41-33-39(61(58,59)50(7)28-15-21-46(53)54)24-25-43(41)52(45)30-16-31-60(55,56)57/h10-14,17-20,22-27,32-33H,8-9,15-16,21,28-31,34-35H2,1-7H3,(H-,53,54,55,56,57)/p+1. The first-order valence-corrected chi connectivity index (χ1v) is 24.4. The van der Waals surface area contributed by atoms with E-state index in [1.165, 1.54) is 39.5 Å². The number of hydrogen-bond donors (Lipinski definition) is 2. The summed E-state index contributed by atoms with van der Waals surface area (Å²) in [7, 11) is -6.69. The van der Waals surface area contributed by atoms with Crippen molar-refractivity contribution in [3.05, 3.63) is 137 Å². The van der Waals surface area contributed by atoms with Crippen LogP contribution in [0.1, 0.15) is 103 Å². The molecule has 0 fully saturated rings. The Morgan fingerprint density at radius 2 is 1.56 bits per heavy atom. The number of nitrogens with zero attached hydrogens (tertiary/aromatic N) is 3. The molecule has 1 unspecified atom stereocenters. The fourth-order valence-electron chi connectivity index (χ4n) is 9.35. The van der Waals surface area contributed by atoms with Crippen molar-refractivity contribution in [1.29, 1.82) is 0 Å². The molecule has 1 atom stereocenters. The van der Waals surface area contributed by atoms with Crippen molar-refractivity contribution in [1.82, 2.24) is 4.31 Å². The van der Waals surface area contributed by atoms with Crippen LogP contribution in [0.3, 0.4) is 0 Å². The number of hydrogen-bond acceptors (Lipinski definition) is 6. The zero-order valence-corrected chi connectivity index (χ0v) is 38.3. The molecule has 1 aliphatic carbocycles. The van der Waals surface area contributed by atoms with Gasteiger partial charge in [-0.2, -0.15) is 13.0 Å². The van der Waals surface area contributed by atoms with E-state index in [1.807, 2.05) is 24.8 Å². The second-order valence-electron chi connectivity index (χ2n) is 18.1. The first-order chi connectivity index (χ1) is 28.7. The molecule has 0 saturated heterocycles. The lowest BCUT2D eigenvalue weighted by atomic mass is 9.69. The first kappa shape index (κ1) is 45.9. The van der Waals surface area contributed by atoms with E-state index in [-0.39, 0.29) is 48.1 Å². The lowest BCUT2D eigenvalue weighted by molar-refractivity contribution is -0.438. The van der Waals surface area contributed by atoms with Crippen LogP contribution in [-0.2, 0) is 41.2 Å². The summed E-state index contributed by atoms with van der Waals surface area (Å²) in [5.41, 5.74) is 8.81. The van der Waals surface area contributed by atoms with Gasteiger partial charge in [0, 0.05) is 72.9 Å². The highest BCUT2D eigenvalue weighted by atomic mass is 32.2. The summed E-state index contributed by atoms with van der Waals surface area (Å²) >= 11 is 0. The maximum atomic E-state index is 13.7. The Balaban J connectivity index is 1.42. The van der Waals surface area contributed by atoms with Crippen molar-refractivity contribution < 1.29 is 35.9 Å². The zero-order chi connectivity index (χ0) is 44.4. The number of benzene rings is 3. The highest BCUT2D eigenvalue weighted by molar-refractivity contribution is 7.89. The zero-order valence-electron chi connectivity index (χ0n) is 36.7. The maximum absolute atomic E-state index is 13.7. The van der Waals surface area contributed by atoms with E-state index in [1.54, 1.807) is 18.2 Å². The molecule has 2 N–H and O–H groups in total. The molecular weight excluding hydrogens is 807 g/mol. The summed E-state index contributed by atoms with van der Waals surface area (Å²) in [5.74, 6) is -1.39. The lowest BCUT2D eigenvalue weighted by Crippen LogP contribution is -2.29. The van der Waals surface area contributed by atoms with E-state index in [9.17, 15) is 26.2 Å². The number of unbranched alkanes of at least 4 members (excludes halogenated alkanes) is 1. The Morgan fingerprint density at radius 1 is 0.852 bits per heavy atom. The summed E-state index contributed by atoms with van der Waals surface area (Å²) < 4.78 is 64.4. The minimum absolute atomic E-state index is 0.0596. The predicted octanol–water partition coefficient (Wildman–Crippen LogP) is 9.47. The molecule has 0 amide bonds. The smallest absolute Gasteiger partial charge is 0.303 e. The molecule has 3 aliphatic rings. The Kier molecular flexibility index (Phi) is 13.5. The molecule has 0 bridgehead atoms. The Hall–Kier alpha value is -4.62. The third-order valence-electron chi connectivity index (χ3n) is 12.7. The molecule has 2 heterocycles. The Morgan fingerprint density at radius 3 is 2.25 bits per heavy atom. The van der Waals surface area contributed by atoms with Gasteiger partial charge in [0.1, 0.15) is 6.54 Å². The van der Waals surface area contributed by atoms with Crippen molar-refractivity contribution in [3.8, 4) is 0 Å². The molecule has 12 heteroatoms. The summed E-state index contributed by atoms with van der Waals surface area (Å²) in [4.78, 5) is 13.2. The van der Waals surface area contributed by atoms with Crippen LogP contribution in [0.5, 0.6) is 0 Å². The Bertz CT molecular complexity index is 2530. The van der Waals surface area contributed by atoms with E-state index >= 15 is 0 Å². The quantitative estimate of drug-likeness (QED) is 0.101. The van der Waals surface area contributed by atoms with Crippen molar-refractivity contribution in [2.45, 2.75) is 108 Å². The minimum Gasteiger partial charge on any atom is -0.481 e. The molecule has 3 aromatic carbocycles. The predicted molar refractivity (Wildman–Crippen MR) is 245 cm³/mol. The van der Waals surface area contributed by atoms with Crippen molar-refractivity contribution in [3.63, 3.8) is 0 Å². The average Bonchev–Trinajstić information content (AvgIpc) is 3.55. The van der Waals surface area contributed by atoms with Gasteiger partial charge in [-0.1, -0.05) is 101 Å². The molecular formula is C49H62N3O7S2+. The van der Waals surface area contributed by atoms with E-state index in [0.717, 1.165) is 54.7 Å². The number of carboxylic acid groups (broad SMARTS) is 1. The van der Waals surface area contributed by atoms with Crippen LogP contribution in [0.15, 0.2) is 125 Å². The van der Waals surface area contributed by atoms with Gasteiger partial charge in [0.2, 0.25) is 15.7 Å². The van der Waals surface area contributed by atoms with Crippen LogP contribution in [0.2, 0.25) is 0 Å². The molecule has 0 aromatic heterocycles. The number of fused-ring (bicyclic) bond motifs is 2. The molecule has 3 aromatic rings. The van der Waals surface area contributed by atoms with Gasteiger partial charge in [0.15, 0.2) is 5.71 Å². The number of carboxylic acids is 1. The van der Waals surface area contributed by atoms with Crippen LogP contribution in [0.4, 0.5) is 11.4 Å². The van der Waals surface area contributed by atoms with Crippen molar-refractivity contribution in [2.24, 2.45) is 0 Å². The number of aliphatic carboxylic acids is 1. The van der Waals surface area contributed by atoms with Gasteiger partial charge >= 0.3 is 5.97 Å². The molecule has 0 saturated carbocycles. The van der Waals surface area contributed by atoms with Gasteiger partial charge in [-0.25, -0.2) is 12.7 Å². The summed E-state index contributed by atoms with van der Waals surface area (Å²) in [6.45, 7) is 14.5. The lowest BCUT2D eigenvalue weighted by Gasteiger charge is -2.35. The average molecular weight is 869 g/mol. The third kappa shape index (κ3) is 9.88. The van der Waals surface area contributed by atoms with Crippen LogP contribution in [-0.4, -0.2) is 79.5 Å². The topological polar surface area (TPSA) is 135 Å². The highest BCUT2D eigenvalue weighted by Crippen LogP contribution is 2.49. The molecule has 10 nitrogen and oxygen atoms in total. The number of anilines is 1. The third-order valence-corrected chi connectivity index (χ3v) is 15.4. The van der Waals surface area contributed by atoms with Crippen molar-refractivity contribution in [2.75, 3.05) is 37.3 Å². The molecule has 0 radical (unpaired) electrons. The summed E-state index contributed by atoms with van der Waals surface area (Å²) in [5, 5.41) is 9.09. The number of para-hydroxylation sites is 1. The highest BCUT2D eigenvalue weighted by Gasteiger charge is 2.44. The minimum atomic E-state index is -4.20. The van der Waals surface area contributed by atoms with E-state index in [2.05, 4.69) is 111 Å². The molecule has 326 valence electrons. The van der Waals surface area contributed by atoms with Gasteiger partial charge in [0.25, 0.3) is 10.1 Å². The molecule has 61 heavy (non-hydrogen) atoms. The number of allylic oxidation sites excluding steroid dienone is 8. The number of sulfonamides is 1. The monoisotopic (exact) mass is 868 g/mol.